The van der Waals surface area contributed by atoms with Crippen LogP contribution in [0.1, 0.15) is 24.4 Å². The molecule has 80 valence electrons. The Morgan fingerprint density at radius 3 is 2.80 bits per heavy atom. The standard InChI is InChI=1S/C12H17N3/c1-15-12(9-11(14-15)7-8-13)10-5-3-2-4-6-10/h2-6,12H,7-9,13H2,1H3. The average Bonchev–Trinajstić information content (AvgIpc) is 2.61. The zero-order chi connectivity index (χ0) is 10.7. The van der Waals surface area contributed by atoms with E-state index in [2.05, 4.69) is 29.4 Å². The zero-order valence-corrected chi connectivity index (χ0v) is 9.06. The van der Waals surface area contributed by atoms with Crippen LogP contribution in [0.2, 0.25) is 0 Å². The molecule has 1 aliphatic rings. The second-order valence-corrected chi connectivity index (χ2v) is 3.91. The second kappa shape index (κ2) is 4.45. The van der Waals surface area contributed by atoms with Crippen molar-refractivity contribution in [2.45, 2.75) is 18.9 Å². The summed E-state index contributed by atoms with van der Waals surface area (Å²) >= 11 is 0. The minimum absolute atomic E-state index is 0.396. The highest BCUT2D eigenvalue weighted by Crippen LogP contribution is 2.29. The topological polar surface area (TPSA) is 41.6 Å². The van der Waals surface area contributed by atoms with E-state index in [1.54, 1.807) is 0 Å². The van der Waals surface area contributed by atoms with Gasteiger partial charge in [-0.15, -0.1) is 0 Å². The molecule has 1 aliphatic heterocycles. The summed E-state index contributed by atoms with van der Waals surface area (Å²) in [4.78, 5) is 0. The van der Waals surface area contributed by atoms with E-state index >= 15 is 0 Å². The summed E-state index contributed by atoms with van der Waals surface area (Å²) in [5.41, 5.74) is 8.08. The van der Waals surface area contributed by atoms with Crippen molar-refractivity contribution in [2.24, 2.45) is 10.8 Å². The Labute approximate surface area is 90.6 Å². The largest absolute Gasteiger partial charge is 0.330 e. The molecule has 0 aliphatic carbocycles. The Kier molecular flexibility index (Phi) is 3.02. The van der Waals surface area contributed by atoms with E-state index in [9.17, 15) is 0 Å². The highest BCUT2D eigenvalue weighted by Gasteiger charge is 2.24. The third-order valence-corrected chi connectivity index (χ3v) is 2.80. The van der Waals surface area contributed by atoms with Crippen LogP contribution >= 0.6 is 0 Å². The number of nitrogens with two attached hydrogens (primary N) is 1. The van der Waals surface area contributed by atoms with Crippen molar-refractivity contribution in [3.05, 3.63) is 35.9 Å². The summed E-state index contributed by atoms with van der Waals surface area (Å²) in [7, 11) is 2.03. The van der Waals surface area contributed by atoms with E-state index in [4.69, 9.17) is 5.73 Å². The monoisotopic (exact) mass is 203 g/mol. The Balaban J connectivity index is 2.09. The molecule has 0 amide bonds. The smallest absolute Gasteiger partial charge is 0.0769 e. The van der Waals surface area contributed by atoms with Gasteiger partial charge >= 0.3 is 0 Å². The van der Waals surface area contributed by atoms with Gasteiger partial charge in [0.15, 0.2) is 0 Å². The van der Waals surface area contributed by atoms with Crippen LogP contribution in [-0.2, 0) is 0 Å². The first-order valence-electron chi connectivity index (χ1n) is 5.35. The summed E-state index contributed by atoms with van der Waals surface area (Å²) in [6, 6.07) is 10.9. The molecule has 1 unspecified atom stereocenters. The first kappa shape index (κ1) is 10.2. The van der Waals surface area contributed by atoms with Gasteiger partial charge < -0.3 is 5.73 Å². The third-order valence-electron chi connectivity index (χ3n) is 2.80. The number of benzene rings is 1. The van der Waals surface area contributed by atoms with Gasteiger partial charge in [0.2, 0.25) is 0 Å². The van der Waals surface area contributed by atoms with Crippen molar-refractivity contribution in [1.29, 1.82) is 0 Å². The van der Waals surface area contributed by atoms with Crippen LogP contribution < -0.4 is 5.73 Å². The summed E-state index contributed by atoms with van der Waals surface area (Å²) in [5.74, 6) is 0. The summed E-state index contributed by atoms with van der Waals surface area (Å²) < 4.78 is 0. The van der Waals surface area contributed by atoms with Gasteiger partial charge in [0.25, 0.3) is 0 Å². The summed E-state index contributed by atoms with van der Waals surface area (Å²) in [6.45, 7) is 0.689. The number of rotatable bonds is 3. The fourth-order valence-electron chi connectivity index (χ4n) is 2.02. The molecule has 1 atom stereocenters. The van der Waals surface area contributed by atoms with Gasteiger partial charge in [-0.1, -0.05) is 30.3 Å². The van der Waals surface area contributed by atoms with Gasteiger partial charge in [0, 0.05) is 19.2 Å². The average molecular weight is 203 g/mol. The SMILES string of the molecule is CN1N=C(CCN)CC1c1ccccc1. The minimum atomic E-state index is 0.396. The van der Waals surface area contributed by atoms with Gasteiger partial charge in [0.05, 0.1) is 6.04 Å². The number of nitrogens with zero attached hydrogens (tertiary/aromatic N) is 2. The minimum Gasteiger partial charge on any atom is -0.330 e. The lowest BCUT2D eigenvalue weighted by molar-refractivity contribution is 0.290. The Morgan fingerprint density at radius 1 is 1.40 bits per heavy atom. The third kappa shape index (κ3) is 2.18. The Hall–Kier alpha value is -1.35. The van der Waals surface area contributed by atoms with Crippen molar-refractivity contribution in [2.75, 3.05) is 13.6 Å². The van der Waals surface area contributed by atoms with Crippen LogP contribution in [-0.4, -0.2) is 24.3 Å². The Bertz CT molecular complexity index is 345. The molecule has 1 heterocycles. The zero-order valence-electron chi connectivity index (χ0n) is 9.06. The first-order valence-corrected chi connectivity index (χ1v) is 5.35. The molecule has 0 spiro atoms. The van der Waals surface area contributed by atoms with Crippen molar-refractivity contribution >= 4 is 5.71 Å². The van der Waals surface area contributed by atoms with E-state index in [1.807, 2.05) is 18.1 Å². The first-order chi connectivity index (χ1) is 7.31. The van der Waals surface area contributed by atoms with Crippen LogP contribution in [0.4, 0.5) is 0 Å². The molecule has 0 bridgehead atoms. The molecule has 0 fully saturated rings. The summed E-state index contributed by atoms with van der Waals surface area (Å²) in [5, 5.41) is 6.55. The molecule has 2 N–H and O–H groups in total. The van der Waals surface area contributed by atoms with Crippen molar-refractivity contribution in [1.82, 2.24) is 5.01 Å². The van der Waals surface area contributed by atoms with E-state index in [0.717, 1.165) is 12.8 Å². The molecule has 3 nitrogen and oxygen atoms in total. The van der Waals surface area contributed by atoms with Crippen LogP contribution in [0.5, 0.6) is 0 Å². The molecule has 15 heavy (non-hydrogen) atoms. The number of hydrogen-bond donors (Lipinski definition) is 1. The fourth-order valence-corrected chi connectivity index (χ4v) is 2.02. The second-order valence-electron chi connectivity index (χ2n) is 3.91. The highest BCUT2D eigenvalue weighted by atomic mass is 15.5. The van der Waals surface area contributed by atoms with Crippen molar-refractivity contribution in [3.63, 3.8) is 0 Å². The molecular formula is C12H17N3. The predicted octanol–water partition coefficient (Wildman–Crippen LogP) is 1.77. The lowest BCUT2D eigenvalue weighted by atomic mass is 10.0. The van der Waals surface area contributed by atoms with E-state index < -0.39 is 0 Å². The van der Waals surface area contributed by atoms with Crippen LogP contribution in [0.15, 0.2) is 35.4 Å². The van der Waals surface area contributed by atoms with Crippen molar-refractivity contribution in [3.8, 4) is 0 Å². The maximum absolute atomic E-state index is 5.54. The fraction of sp³-hybridized carbons (Fsp3) is 0.417. The van der Waals surface area contributed by atoms with E-state index in [-0.39, 0.29) is 0 Å². The predicted molar refractivity (Wildman–Crippen MR) is 62.7 cm³/mol. The molecule has 1 aromatic rings. The molecule has 1 aromatic carbocycles. The van der Waals surface area contributed by atoms with Gasteiger partial charge in [-0.25, -0.2) is 0 Å². The van der Waals surface area contributed by atoms with Crippen LogP contribution in [0.25, 0.3) is 0 Å². The van der Waals surface area contributed by atoms with Crippen LogP contribution in [0.3, 0.4) is 0 Å². The molecule has 2 rings (SSSR count). The Morgan fingerprint density at radius 2 is 2.13 bits per heavy atom. The quantitative estimate of drug-likeness (QED) is 0.813. The lowest BCUT2D eigenvalue weighted by Gasteiger charge is -2.18. The maximum Gasteiger partial charge on any atom is 0.0769 e. The van der Waals surface area contributed by atoms with E-state index in [0.29, 0.717) is 12.6 Å². The highest BCUT2D eigenvalue weighted by molar-refractivity contribution is 5.86. The molecule has 0 radical (unpaired) electrons. The van der Waals surface area contributed by atoms with E-state index in [1.165, 1.54) is 11.3 Å². The van der Waals surface area contributed by atoms with Gasteiger partial charge in [-0.2, -0.15) is 5.10 Å². The molecule has 0 aromatic heterocycles. The molecule has 0 saturated carbocycles. The maximum atomic E-state index is 5.54. The van der Waals surface area contributed by atoms with Gasteiger partial charge in [-0.05, 0) is 18.5 Å². The molecular weight excluding hydrogens is 186 g/mol. The lowest BCUT2D eigenvalue weighted by Crippen LogP contribution is -2.13. The molecule has 3 heteroatoms. The van der Waals surface area contributed by atoms with Crippen molar-refractivity contribution < 1.29 is 0 Å². The van der Waals surface area contributed by atoms with Gasteiger partial charge in [0.1, 0.15) is 0 Å². The number of hydrogen-bond acceptors (Lipinski definition) is 3. The molecule has 0 saturated heterocycles. The van der Waals surface area contributed by atoms with Gasteiger partial charge in [-0.3, -0.25) is 5.01 Å². The normalized spacial score (nSPS) is 20.5. The number of hydrazone groups is 1. The van der Waals surface area contributed by atoms with Crippen LogP contribution in [0, 0.1) is 0 Å². The summed E-state index contributed by atoms with van der Waals surface area (Å²) in [6.07, 6.45) is 1.92.